The molecule has 6 nitrogen and oxygen atoms in total. The molecule has 0 aromatic carbocycles. The molecule has 0 spiro atoms. The Morgan fingerprint density at radius 2 is 1.15 bits per heavy atom. The Morgan fingerprint density at radius 3 is 1.40 bits per heavy atom. The molecule has 0 unspecified atom stereocenters. The topological polar surface area (TPSA) is 93.1 Å². The minimum atomic E-state index is -1.51. The second kappa shape index (κ2) is 6.67. The van der Waals surface area contributed by atoms with Crippen molar-refractivity contribution in [2.75, 3.05) is 13.2 Å². The molecule has 0 radical (unpaired) electrons. The summed E-state index contributed by atoms with van der Waals surface area (Å²) in [6.07, 6.45) is 4.63. The summed E-state index contributed by atoms with van der Waals surface area (Å²) >= 11 is 0. The van der Waals surface area contributed by atoms with Gasteiger partial charge in [-0.3, -0.25) is 9.59 Å². The SMILES string of the molecule is CCOC(=O)CC1(O)C=CC(O)(CC(=O)OCC)C=C1. The lowest BCUT2D eigenvalue weighted by Crippen LogP contribution is -2.36. The van der Waals surface area contributed by atoms with E-state index in [1.165, 1.54) is 24.3 Å². The highest BCUT2D eigenvalue weighted by Crippen LogP contribution is 2.27. The van der Waals surface area contributed by atoms with Gasteiger partial charge in [0.05, 0.1) is 26.1 Å². The van der Waals surface area contributed by atoms with Crippen LogP contribution < -0.4 is 0 Å². The van der Waals surface area contributed by atoms with E-state index in [-0.39, 0.29) is 26.1 Å². The predicted octanol–water partition coefficient (Wildman–Crippen LogP) is 0.481. The smallest absolute Gasteiger partial charge is 0.309 e. The van der Waals surface area contributed by atoms with Crippen LogP contribution in [0.25, 0.3) is 0 Å². The maximum absolute atomic E-state index is 11.4. The van der Waals surface area contributed by atoms with Gasteiger partial charge in [-0.1, -0.05) is 0 Å². The second-order valence-corrected chi connectivity index (χ2v) is 4.61. The van der Waals surface area contributed by atoms with Crippen molar-refractivity contribution >= 4 is 11.9 Å². The van der Waals surface area contributed by atoms with E-state index in [1.54, 1.807) is 13.8 Å². The second-order valence-electron chi connectivity index (χ2n) is 4.61. The number of carbonyl (C=O) groups excluding carboxylic acids is 2. The van der Waals surface area contributed by atoms with E-state index in [0.717, 1.165) is 0 Å². The molecule has 20 heavy (non-hydrogen) atoms. The lowest BCUT2D eigenvalue weighted by molar-refractivity contribution is -0.147. The fourth-order valence-electron chi connectivity index (χ4n) is 1.81. The van der Waals surface area contributed by atoms with Crippen molar-refractivity contribution in [2.24, 2.45) is 0 Å². The van der Waals surface area contributed by atoms with Crippen LogP contribution in [0.2, 0.25) is 0 Å². The lowest BCUT2D eigenvalue weighted by atomic mass is 9.86. The van der Waals surface area contributed by atoms with Gasteiger partial charge in [0.1, 0.15) is 11.2 Å². The lowest BCUT2D eigenvalue weighted by Gasteiger charge is -2.29. The van der Waals surface area contributed by atoms with Crippen LogP contribution in [-0.2, 0) is 19.1 Å². The Balaban J connectivity index is 2.66. The first kappa shape index (κ1) is 16.4. The van der Waals surface area contributed by atoms with E-state index < -0.39 is 23.1 Å². The Labute approximate surface area is 117 Å². The van der Waals surface area contributed by atoms with Crippen molar-refractivity contribution in [1.82, 2.24) is 0 Å². The molecule has 1 rings (SSSR count). The fraction of sp³-hybridized carbons (Fsp3) is 0.571. The summed E-state index contributed by atoms with van der Waals surface area (Å²) in [5, 5.41) is 20.3. The molecule has 6 heteroatoms. The van der Waals surface area contributed by atoms with E-state index in [2.05, 4.69) is 0 Å². The molecule has 0 saturated heterocycles. The van der Waals surface area contributed by atoms with Crippen LogP contribution in [0.4, 0.5) is 0 Å². The first-order valence-corrected chi connectivity index (χ1v) is 6.49. The number of hydrogen-bond acceptors (Lipinski definition) is 6. The molecule has 0 bridgehead atoms. The van der Waals surface area contributed by atoms with Gasteiger partial charge in [-0.25, -0.2) is 0 Å². The van der Waals surface area contributed by atoms with Crippen LogP contribution >= 0.6 is 0 Å². The van der Waals surface area contributed by atoms with E-state index >= 15 is 0 Å². The summed E-state index contributed by atoms with van der Waals surface area (Å²) in [7, 11) is 0. The van der Waals surface area contributed by atoms with Crippen LogP contribution in [-0.4, -0.2) is 46.6 Å². The number of hydrogen-bond donors (Lipinski definition) is 2. The fourth-order valence-corrected chi connectivity index (χ4v) is 1.81. The number of esters is 2. The standard InChI is InChI=1S/C14H20O6/c1-3-19-11(15)9-13(17)5-7-14(18,8-6-13)10-12(16)20-4-2/h5-8,17-18H,3-4,9-10H2,1-2H3. The van der Waals surface area contributed by atoms with Gasteiger partial charge < -0.3 is 19.7 Å². The molecular formula is C14H20O6. The number of ether oxygens (including phenoxy) is 2. The first-order chi connectivity index (χ1) is 9.32. The molecule has 1 aliphatic carbocycles. The van der Waals surface area contributed by atoms with Gasteiger partial charge in [0.25, 0.3) is 0 Å². The van der Waals surface area contributed by atoms with Gasteiger partial charge >= 0.3 is 11.9 Å². The van der Waals surface area contributed by atoms with Crippen LogP contribution in [0.5, 0.6) is 0 Å². The molecule has 1 aliphatic rings. The largest absolute Gasteiger partial charge is 0.466 e. The van der Waals surface area contributed by atoms with E-state index in [9.17, 15) is 19.8 Å². The maximum atomic E-state index is 11.4. The average Bonchev–Trinajstić information content (AvgIpc) is 2.34. The monoisotopic (exact) mass is 284 g/mol. The molecule has 0 saturated carbocycles. The van der Waals surface area contributed by atoms with Gasteiger partial charge in [0.15, 0.2) is 0 Å². The van der Waals surface area contributed by atoms with Crippen LogP contribution in [0, 0.1) is 0 Å². The van der Waals surface area contributed by atoms with Gasteiger partial charge in [0.2, 0.25) is 0 Å². The number of aliphatic hydroxyl groups is 2. The van der Waals surface area contributed by atoms with Gasteiger partial charge in [-0.15, -0.1) is 0 Å². The van der Waals surface area contributed by atoms with E-state index in [0.29, 0.717) is 0 Å². The molecule has 0 aliphatic heterocycles. The zero-order valence-corrected chi connectivity index (χ0v) is 11.7. The first-order valence-electron chi connectivity index (χ1n) is 6.49. The highest BCUT2D eigenvalue weighted by Gasteiger charge is 2.34. The minimum absolute atomic E-state index is 0.231. The Morgan fingerprint density at radius 1 is 0.850 bits per heavy atom. The highest BCUT2D eigenvalue weighted by atomic mass is 16.5. The van der Waals surface area contributed by atoms with Gasteiger partial charge in [-0.2, -0.15) is 0 Å². The average molecular weight is 284 g/mol. The van der Waals surface area contributed by atoms with Crippen molar-refractivity contribution < 1.29 is 29.3 Å². The van der Waals surface area contributed by atoms with Crippen molar-refractivity contribution in [3.05, 3.63) is 24.3 Å². The van der Waals surface area contributed by atoms with Gasteiger partial charge in [0, 0.05) is 0 Å². The summed E-state index contributed by atoms with van der Waals surface area (Å²) in [5.74, 6) is -1.08. The van der Waals surface area contributed by atoms with Crippen molar-refractivity contribution in [1.29, 1.82) is 0 Å². The summed E-state index contributed by atoms with van der Waals surface area (Å²) in [6.45, 7) is 3.81. The van der Waals surface area contributed by atoms with E-state index in [4.69, 9.17) is 9.47 Å². The quantitative estimate of drug-likeness (QED) is 0.544. The molecular weight excluding hydrogens is 264 g/mol. The molecule has 112 valence electrons. The minimum Gasteiger partial charge on any atom is -0.466 e. The summed E-state index contributed by atoms with van der Waals surface area (Å²) in [4.78, 5) is 22.7. The maximum Gasteiger partial charge on any atom is 0.309 e. The van der Waals surface area contributed by atoms with Gasteiger partial charge in [-0.05, 0) is 38.2 Å². The number of carbonyl (C=O) groups is 2. The molecule has 2 N–H and O–H groups in total. The Hall–Kier alpha value is -1.66. The van der Waals surface area contributed by atoms with Crippen molar-refractivity contribution in [2.45, 2.75) is 37.9 Å². The van der Waals surface area contributed by atoms with Crippen molar-refractivity contribution in [3.63, 3.8) is 0 Å². The van der Waals surface area contributed by atoms with Crippen LogP contribution in [0.3, 0.4) is 0 Å². The van der Waals surface area contributed by atoms with Crippen LogP contribution in [0.15, 0.2) is 24.3 Å². The molecule has 0 amide bonds. The van der Waals surface area contributed by atoms with Crippen molar-refractivity contribution in [3.8, 4) is 0 Å². The molecule has 0 aromatic rings. The Kier molecular flexibility index (Phi) is 5.47. The number of rotatable bonds is 6. The molecule has 0 fully saturated rings. The molecule has 0 atom stereocenters. The third-order valence-corrected chi connectivity index (χ3v) is 2.79. The predicted molar refractivity (Wildman–Crippen MR) is 70.7 cm³/mol. The molecule has 0 aromatic heterocycles. The normalized spacial score (nSPS) is 28.2. The zero-order chi connectivity index (χ0) is 15.2. The third kappa shape index (κ3) is 4.79. The van der Waals surface area contributed by atoms with Crippen LogP contribution in [0.1, 0.15) is 26.7 Å². The zero-order valence-electron chi connectivity index (χ0n) is 11.7. The highest BCUT2D eigenvalue weighted by molar-refractivity contribution is 5.73. The third-order valence-electron chi connectivity index (χ3n) is 2.79. The van der Waals surface area contributed by atoms with E-state index in [1.807, 2.05) is 0 Å². The Bertz CT molecular complexity index is 371. The molecule has 0 heterocycles. The summed E-state index contributed by atoms with van der Waals surface area (Å²) in [6, 6.07) is 0. The summed E-state index contributed by atoms with van der Waals surface area (Å²) < 4.78 is 9.51. The summed E-state index contributed by atoms with van der Waals surface area (Å²) in [5.41, 5.74) is -3.01.